The van der Waals surface area contributed by atoms with E-state index in [0.717, 1.165) is 11.1 Å². The average Bonchev–Trinajstić information content (AvgIpc) is 2.92. The number of aliphatic hydroxyl groups is 1. The van der Waals surface area contributed by atoms with Crippen molar-refractivity contribution in [1.29, 1.82) is 0 Å². The van der Waals surface area contributed by atoms with Crippen LogP contribution in [-0.4, -0.2) is 25.9 Å². The number of nitrogens with one attached hydrogen (secondary N) is 1. The van der Waals surface area contributed by atoms with Crippen molar-refractivity contribution in [2.45, 2.75) is 24.5 Å². The van der Waals surface area contributed by atoms with Crippen LogP contribution in [0, 0.1) is 5.92 Å². The molecular weight excluding hydrogens is 501 g/mol. The van der Waals surface area contributed by atoms with Gasteiger partial charge in [0.25, 0.3) is 0 Å². The van der Waals surface area contributed by atoms with E-state index in [9.17, 15) is 29.4 Å². The largest absolute Gasteiger partial charge is 0.508 e. The number of amides is 1. The van der Waals surface area contributed by atoms with Crippen LogP contribution in [0.25, 0.3) is 11.1 Å². The monoisotopic (exact) mass is 529 g/mol. The summed E-state index contributed by atoms with van der Waals surface area (Å²) >= 11 is 0. The number of benzene rings is 4. The van der Waals surface area contributed by atoms with E-state index >= 15 is 0 Å². The van der Waals surface area contributed by atoms with E-state index in [1.54, 1.807) is 30.3 Å². The van der Waals surface area contributed by atoms with Crippen molar-refractivity contribution in [1.82, 2.24) is 5.32 Å². The van der Waals surface area contributed by atoms with E-state index in [2.05, 4.69) is 5.32 Å². The number of aromatic hydroxyl groups is 1. The number of aliphatic hydroxyl groups excluding tert-OH is 1. The van der Waals surface area contributed by atoms with Gasteiger partial charge in [-0.15, -0.1) is 0 Å². The zero-order chi connectivity index (χ0) is 26.9. The molecule has 0 bridgehead atoms. The van der Waals surface area contributed by atoms with Gasteiger partial charge in [0.1, 0.15) is 11.3 Å². The van der Waals surface area contributed by atoms with Gasteiger partial charge in [0.05, 0.1) is 17.3 Å². The third-order valence-corrected chi connectivity index (χ3v) is 8.19. The minimum atomic E-state index is -4.43. The Kier molecular flexibility index (Phi) is 6.95. The van der Waals surface area contributed by atoms with Crippen molar-refractivity contribution in [2.24, 2.45) is 5.92 Å². The lowest BCUT2D eigenvalue weighted by Gasteiger charge is -2.50. The van der Waals surface area contributed by atoms with Crippen LogP contribution >= 0.6 is 7.60 Å². The van der Waals surface area contributed by atoms with Crippen LogP contribution in [-0.2, 0) is 14.9 Å². The summed E-state index contributed by atoms with van der Waals surface area (Å²) < 4.78 is 11.7. The van der Waals surface area contributed by atoms with Crippen LogP contribution in [0.5, 0.6) is 5.75 Å². The molecule has 5 N–H and O–H groups in total. The fourth-order valence-electron chi connectivity index (χ4n) is 5.30. The van der Waals surface area contributed by atoms with E-state index in [1.807, 2.05) is 60.7 Å². The molecular formula is C30H28NO6P. The molecule has 5 rings (SSSR count). The normalized spacial score (nSPS) is 19.9. The average molecular weight is 530 g/mol. The van der Waals surface area contributed by atoms with Gasteiger partial charge >= 0.3 is 7.60 Å². The summed E-state index contributed by atoms with van der Waals surface area (Å²) in [4.78, 5) is 32.0. The van der Waals surface area contributed by atoms with Crippen LogP contribution in [0.3, 0.4) is 0 Å². The SMILES string of the molecule is O=C1N[C@@](c2ccccc2)(c2ccc(-c3cccc(P(=O)(O)O)c3)cc2O)[C@H]1CC[C@H](O)c1ccccc1. The van der Waals surface area contributed by atoms with E-state index in [-0.39, 0.29) is 17.0 Å². The van der Waals surface area contributed by atoms with Gasteiger partial charge in [-0.25, -0.2) is 0 Å². The molecule has 1 aliphatic rings. The first-order valence-corrected chi connectivity index (χ1v) is 13.9. The molecule has 0 unspecified atom stereocenters. The summed E-state index contributed by atoms with van der Waals surface area (Å²) in [6.45, 7) is 0. The Labute approximate surface area is 220 Å². The highest BCUT2D eigenvalue weighted by Gasteiger charge is 2.56. The fraction of sp³-hybridized carbons (Fsp3) is 0.167. The highest BCUT2D eigenvalue weighted by molar-refractivity contribution is 7.60. The van der Waals surface area contributed by atoms with Crippen molar-refractivity contribution >= 4 is 18.8 Å². The Morgan fingerprint density at radius 1 is 0.842 bits per heavy atom. The first-order valence-electron chi connectivity index (χ1n) is 12.3. The molecule has 194 valence electrons. The molecule has 0 aromatic heterocycles. The minimum absolute atomic E-state index is 0.0541. The molecule has 1 saturated heterocycles. The number of phenolic OH excluding ortho intramolecular Hbond substituents is 1. The highest BCUT2D eigenvalue weighted by Crippen LogP contribution is 2.49. The Hall–Kier alpha value is -3.74. The van der Waals surface area contributed by atoms with E-state index in [1.165, 1.54) is 12.1 Å². The van der Waals surface area contributed by atoms with Crippen LogP contribution in [0.1, 0.15) is 35.6 Å². The van der Waals surface area contributed by atoms with E-state index in [0.29, 0.717) is 29.5 Å². The van der Waals surface area contributed by atoms with Crippen molar-refractivity contribution in [3.8, 4) is 16.9 Å². The molecule has 1 fully saturated rings. The Bertz CT molecular complexity index is 1500. The molecule has 3 atom stereocenters. The van der Waals surface area contributed by atoms with Gasteiger partial charge in [-0.2, -0.15) is 0 Å². The number of carbonyl (C=O) groups excluding carboxylic acids is 1. The van der Waals surface area contributed by atoms with Crippen LogP contribution < -0.4 is 10.6 Å². The molecule has 0 aliphatic carbocycles. The van der Waals surface area contributed by atoms with Gasteiger partial charge in [-0.05, 0) is 53.3 Å². The number of β-lactam (4-membered cyclic amide) rings is 1. The molecule has 8 heteroatoms. The van der Waals surface area contributed by atoms with Crippen LogP contribution in [0.4, 0.5) is 0 Å². The molecule has 4 aromatic carbocycles. The molecule has 0 radical (unpaired) electrons. The van der Waals surface area contributed by atoms with Crippen molar-refractivity contribution in [2.75, 3.05) is 0 Å². The smallest absolute Gasteiger partial charge is 0.356 e. The first-order chi connectivity index (χ1) is 18.2. The van der Waals surface area contributed by atoms with E-state index < -0.39 is 25.2 Å². The molecule has 7 nitrogen and oxygen atoms in total. The van der Waals surface area contributed by atoms with Crippen LogP contribution in [0.15, 0.2) is 103 Å². The van der Waals surface area contributed by atoms with Gasteiger partial charge in [0, 0.05) is 5.56 Å². The third kappa shape index (κ3) is 4.77. The molecule has 4 aromatic rings. The molecule has 1 amide bonds. The molecule has 1 heterocycles. The van der Waals surface area contributed by atoms with Gasteiger partial charge < -0.3 is 25.3 Å². The topological polar surface area (TPSA) is 127 Å². The van der Waals surface area contributed by atoms with Gasteiger partial charge in [-0.3, -0.25) is 9.36 Å². The summed E-state index contributed by atoms with van der Waals surface area (Å²) in [5.74, 6) is -0.744. The summed E-state index contributed by atoms with van der Waals surface area (Å²) in [7, 11) is -4.43. The molecule has 38 heavy (non-hydrogen) atoms. The van der Waals surface area contributed by atoms with Gasteiger partial charge in [0.2, 0.25) is 5.91 Å². The predicted octanol–water partition coefficient (Wildman–Crippen LogP) is 4.37. The first kappa shape index (κ1) is 25.9. The lowest BCUT2D eigenvalue weighted by molar-refractivity contribution is -0.140. The summed E-state index contributed by atoms with van der Waals surface area (Å²) in [5.41, 5.74) is 2.23. The van der Waals surface area contributed by atoms with E-state index in [4.69, 9.17) is 0 Å². The maximum atomic E-state index is 12.9. The zero-order valence-electron chi connectivity index (χ0n) is 20.4. The number of hydrogen-bond acceptors (Lipinski definition) is 4. The number of rotatable bonds is 8. The predicted molar refractivity (Wildman–Crippen MR) is 145 cm³/mol. The fourth-order valence-corrected chi connectivity index (χ4v) is 5.89. The molecule has 0 saturated carbocycles. The second kappa shape index (κ2) is 10.2. The van der Waals surface area contributed by atoms with Crippen LogP contribution in [0.2, 0.25) is 0 Å². The quantitative estimate of drug-likeness (QED) is 0.171. The van der Waals surface area contributed by atoms with Gasteiger partial charge in [-0.1, -0.05) is 84.9 Å². The number of hydrogen-bond donors (Lipinski definition) is 5. The van der Waals surface area contributed by atoms with Crippen molar-refractivity contribution in [3.63, 3.8) is 0 Å². The molecule has 0 spiro atoms. The third-order valence-electron chi connectivity index (χ3n) is 7.24. The number of carbonyl (C=O) groups is 1. The lowest BCUT2D eigenvalue weighted by Crippen LogP contribution is -2.67. The number of phenols is 1. The zero-order valence-corrected chi connectivity index (χ0v) is 21.3. The van der Waals surface area contributed by atoms with Crippen molar-refractivity contribution in [3.05, 3.63) is 120 Å². The van der Waals surface area contributed by atoms with Crippen molar-refractivity contribution < 1.29 is 29.4 Å². The maximum absolute atomic E-state index is 12.9. The lowest BCUT2D eigenvalue weighted by atomic mass is 9.64. The maximum Gasteiger partial charge on any atom is 0.356 e. The summed E-state index contributed by atoms with van der Waals surface area (Å²) in [6.07, 6.45) is 0.0304. The second-order valence-corrected chi connectivity index (χ2v) is 11.2. The summed E-state index contributed by atoms with van der Waals surface area (Å²) in [5, 5.41) is 24.9. The Morgan fingerprint density at radius 3 is 2.13 bits per heavy atom. The second-order valence-electron chi connectivity index (χ2n) is 9.55. The standard InChI is InChI=1S/C30H28NO6P/c32-27(20-8-3-1-4-9-20)17-16-26-29(34)31-30(26,23-11-5-2-6-12-23)25-15-14-22(19-28(25)33)21-10-7-13-24(18-21)38(35,36)37/h1-15,18-19,26-27,32-33H,16-17H2,(H,31,34)(H2,35,36,37)/t26-,27-,30-/m0/s1. The minimum Gasteiger partial charge on any atom is -0.508 e. The molecule has 1 aliphatic heterocycles. The van der Waals surface area contributed by atoms with Gasteiger partial charge in [0.15, 0.2) is 0 Å². The summed E-state index contributed by atoms with van der Waals surface area (Å²) in [6, 6.07) is 29.8. The highest BCUT2D eigenvalue weighted by atomic mass is 31.2. The Balaban J connectivity index is 1.51. The Morgan fingerprint density at radius 2 is 1.50 bits per heavy atom.